The van der Waals surface area contributed by atoms with Crippen LogP contribution in [0.3, 0.4) is 0 Å². The normalized spacial score (nSPS) is 14.6. The number of hydrogen-bond donors (Lipinski definition) is 1. The van der Waals surface area contributed by atoms with Gasteiger partial charge in [-0.15, -0.1) is 0 Å². The number of sulfonamides is 1. The van der Waals surface area contributed by atoms with Crippen LogP contribution in [0.5, 0.6) is 17.4 Å². The third-order valence-electron chi connectivity index (χ3n) is 5.96. The second-order valence-corrected chi connectivity index (χ2v) is 9.89. The minimum Gasteiger partial charge on any atom is -0.494 e. The molecule has 5 rings (SSSR count). The molecule has 1 fully saturated rings. The molecular formula is C23H24N6O5S. The maximum atomic E-state index is 12.3. The van der Waals surface area contributed by atoms with Crippen molar-refractivity contribution in [3.8, 4) is 34.6 Å². The highest BCUT2D eigenvalue weighted by Gasteiger charge is 2.56. The summed E-state index contributed by atoms with van der Waals surface area (Å²) in [5.41, 5.74) is 1.93. The van der Waals surface area contributed by atoms with Crippen LogP contribution in [0.15, 0.2) is 42.6 Å². The second kappa shape index (κ2) is 8.47. The van der Waals surface area contributed by atoms with Crippen molar-refractivity contribution in [2.45, 2.75) is 24.5 Å². The number of ether oxygens (including phenoxy) is 3. The fourth-order valence-electron chi connectivity index (χ4n) is 4.08. The number of aromatic nitrogens is 5. The maximum Gasteiger partial charge on any atom is 0.220 e. The van der Waals surface area contributed by atoms with Crippen molar-refractivity contribution in [2.24, 2.45) is 5.14 Å². The number of benzene rings is 1. The molecule has 182 valence electrons. The lowest BCUT2D eigenvalue weighted by Gasteiger charge is -2.16. The number of pyridine rings is 1. The van der Waals surface area contributed by atoms with E-state index in [2.05, 4.69) is 15.0 Å². The summed E-state index contributed by atoms with van der Waals surface area (Å²) in [7, 11) is -0.753. The number of para-hydroxylation sites is 1. The van der Waals surface area contributed by atoms with Gasteiger partial charge in [0, 0.05) is 6.07 Å². The summed E-state index contributed by atoms with van der Waals surface area (Å²) in [4.78, 5) is 18.5. The molecule has 0 radical (unpaired) electrons. The molecule has 1 saturated carbocycles. The lowest BCUT2D eigenvalue weighted by Crippen LogP contribution is -2.29. The number of nitrogens with two attached hydrogens (primary N) is 1. The van der Waals surface area contributed by atoms with E-state index in [-0.39, 0.29) is 11.3 Å². The zero-order valence-electron chi connectivity index (χ0n) is 19.4. The zero-order valence-corrected chi connectivity index (χ0v) is 20.2. The van der Waals surface area contributed by atoms with E-state index in [1.165, 1.54) is 6.20 Å². The zero-order chi connectivity index (χ0) is 24.8. The Hall–Kier alpha value is -3.77. The van der Waals surface area contributed by atoms with Gasteiger partial charge in [0.25, 0.3) is 0 Å². The van der Waals surface area contributed by atoms with E-state index < -0.39 is 14.8 Å². The van der Waals surface area contributed by atoms with Gasteiger partial charge in [0.1, 0.15) is 27.6 Å². The molecular weight excluding hydrogens is 472 g/mol. The van der Waals surface area contributed by atoms with Gasteiger partial charge in [-0.05, 0) is 38.0 Å². The summed E-state index contributed by atoms with van der Waals surface area (Å²) in [6.07, 6.45) is 2.21. The summed E-state index contributed by atoms with van der Waals surface area (Å²) in [6, 6.07) is 10.7. The van der Waals surface area contributed by atoms with E-state index in [0.717, 1.165) is 0 Å². The van der Waals surface area contributed by atoms with Crippen molar-refractivity contribution < 1.29 is 22.6 Å². The molecule has 3 heterocycles. The highest BCUT2D eigenvalue weighted by molar-refractivity contribution is 7.90. The van der Waals surface area contributed by atoms with Crippen LogP contribution in [-0.2, 0) is 14.8 Å². The van der Waals surface area contributed by atoms with Crippen LogP contribution in [0.2, 0.25) is 0 Å². The van der Waals surface area contributed by atoms with Gasteiger partial charge in [-0.3, -0.25) is 4.57 Å². The van der Waals surface area contributed by atoms with Gasteiger partial charge in [-0.25, -0.2) is 33.5 Å². The smallest absolute Gasteiger partial charge is 0.220 e. The van der Waals surface area contributed by atoms with Gasteiger partial charge in [0.15, 0.2) is 17.1 Å². The Morgan fingerprint density at radius 3 is 2.31 bits per heavy atom. The Balaban J connectivity index is 1.81. The lowest BCUT2D eigenvalue weighted by atomic mass is 10.2. The van der Waals surface area contributed by atoms with E-state index in [0.29, 0.717) is 59.7 Å². The van der Waals surface area contributed by atoms with Crippen molar-refractivity contribution in [3.05, 3.63) is 48.3 Å². The molecule has 4 aromatic rings. The van der Waals surface area contributed by atoms with Crippen molar-refractivity contribution in [2.75, 3.05) is 20.8 Å². The van der Waals surface area contributed by atoms with Crippen molar-refractivity contribution >= 4 is 21.3 Å². The molecule has 12 heteroatoms. The average molecular weight is 497 g/mol. The molecule has 0 bridgehead atoms. The van der Waals surface area contributed by atoms with E-state index in [1.54, 1.807) is 49.1 Å². The fourth-order valence-corrected chi connectivity index (χ4v) is 5.14. The number of primary sulfonamides is 1. The topological polar surface area (TPSA) is 144 Å². The quantitative estimate of drug-likeness (QED) is 0.389. The Kier molecular flexibility index (Phi) is 5.56. The van der Waals surface area contributed by atoms with Crippen LogP contribution in [0, 0.1) is 0 Å². The summed E-state index contributed by atoms with van der Waals surface area (Å²) < 4.78 is 41.9. The van der Waals surface area contributed by atoms with Gasteiger partial charge < -0.3 is 14.2 Å². The van der Waals surface area contributed by atoms with Crippen LogP contribution in [0.25, 0.3) is 28.5 Å². The molecule has 35 heavy (non-hydrogen) atoms. The Morgan fingerprint density at radius 1 is 1.03 bits per heavy atom. The second-order valence-electron chi connectivity index (χ2n) is 8.02. The number of methoxy groups -OCH3 is 2. The summed E-state index contributed by atoms with van der Waals surface area (Å²) in [5, 5.41) is 5.51. The van der Waals surface area contributed by atoms with Crippen molar-refractivity contribution in [3.63, 3.8) is 0 Å². The predicted octanol–water partition coefficient (Wildman–Crippen LogP) is 2.57. The van der Waals surface area contributed by atoms with Gasteiger partial charge in [-0.2, -0.15) is 0 Å². The molecule has 0 aliphatic heterocycles. The standard InChI is InChI=1S/C23H24N6O5S/c1-4-34-18-10-5-7-14(26-18)21-28-20-22(25-13-17(27-20)23(11-12-23)35(24,30)31)29(21)19-15(32-2)8-6-9-16(19)33-3/h5-10,13H,4,11-12H2,1-3H3,(H2,24,30,31). The Labute approximate surface area is 202 Å². The molecule has 1 aromatic carbocycles. The maximum absolute atomic E-state index is 12.3. The highest BCUT2D eigenvalue weighted by Crippen LogP contribution is 2.51. The molecule has 0 atom stereocenters. The fraction of sp³-hybridized carbons (Fsp3) is 0.304. The van der Waals surface area contributed by atoms with Crippen LogP contribution in [0.4, 0.5) is 0 Å². The minimum atomic E-state index is -3.86. The lowest BCUT2D eigenvalue weighted by molar-refractivity contribution is 0.327. The van der Waals surface area contributed by atoms with Gasteiger partial charge in [0.2, 0.25) is 15.9 Å². The Morgan fingerprint density at radius 2 is 1.71 bits per heavy atom. The number of imidazole rings is 1. The first-order valence-corrected chi connectivity index (χ1v) is 12.5. The molecule has 0 spiro atoms. The summed E-state index contributed by atoms with van der Waals surface area (Å²) in [6.45, 7) is 2.33. The van der Waals surface area contributed by atoms with E-state index >= 15 is 0 Å². The minimum absolute atomic E-state index is 0.240. The summed E-state index contributed by atoms with van der Waals surface area (Å²) >= 11 is 0. The highest BCUT2D eigenvalue weighted by atomic mass is 32.2. The van der Waals surface area contributed by atoms with Gasteiger partial charge >= 0.3 is 0 Å². The van der Waals surface area contributed by atoms with Crippen LogP contribution < -0.4 is 19.3 Å². The monoisotopic (exact) mass is 496 g/mol. The van der Waals surface area contributed by atoms with Gasteiger partial charge in [0.05, 0.1) is 32.7 Å². The molecule has 1 aliphatic rings. The Bertz CT molecular complexity index is 1510. The van der Waals surface area contributed by atoms with Gasteiger partial charge in [-0.1, -0.05) is 12.1 Å². The average Bonchev–Trinajstić information content (AvgIpc) is 3.60. The molecule has 2 N–H and O–H groups in total. The largest absolute Gasteiger partial charge is 0.494 e. The first kappa shape index (κ1) is 23.0. The number of fused-ring (bicyclic) bond motifs is 1. The van der Waals surface area contributed by atoms with E-state index in [4.69, 9.17) is 24.3 Å². The summed E-state index contributed by atoms with van der Waals surface area (Å²) in [5.74, 6) is 1.87. The predicted molar refractivity (Wildman–Crippen MR) is 128 cm³/mol. The van der Waals surface area contributed by atoms with E-state index in [1.807, 2.05) is 13.0 Å². The van der Waals surface area contributed by atoms with Crippen molar-refractivity contribution in [1.29, 1.82) is 0 Å². The molecule has 1 aliphatic carbocycles. The first-order valence-electron chi connectivity index (χ1n) is 10.9. The first-order chi connectivity index (χ1) is 16.8. The molecule has 0 unspecified atom stereocenters. The third kappa shape index (κ3) is 3.74. The van der Waals surface area contributed by atoms with Crippen LogP contribution in [0.1, 0.15) is 25.5 Å². The SMILES string of the molecule is CCOc1cccc(-c2nc3nc(C4(S(N)(=O)=O)CC4)cnc3n2-c2c(OC)cccc2OC)n1. The van der Waals surface area contributed by atoms with Crippen molar-refractivity contribution in [1.82, 2.24) is 24.5 Å². The van der Waals surface area contributed by atoms with Crippen LogP contribution in [-0.4, -0.2) is 53.7 Å². The molecule has 0 saturated heterocycles. The molecule has 3 aromatic heterocycles. The molecule has 11 nitrogen and oxygen atoms in total. The van der Waals surface area contributed by atoms with E-state index in [9.17, 15) is 8.42 Å². The van der Waals surface area contributed by atoms with Crippen LogP contribution >= 0.6 is 0 Å². The third-order valence-corrected chi connectivity index (χ3v) is 7.66. The number of hydrogen-bond acceptors (Lipinski definition) is 9. The number of nitrogens with zero attached hydrogens (tertiary/aromatic N) is 5. The number of rotatable bonds is 8. The molecule has 0 amide bonds.